The number of benzene rings is 1. The first kappa shape index (κ1) is 13.7. The Morgan fingerprint density at radius 2 is 1.76 bits per heavy atom. The van der Waals surface area contributed by atoms with Crippen LogP contribution in [-0.4, -0.2) is 26.4 Å². The molecule has 1 rings (SSSR count). The summed E-state index contributed by atoms with van der Waals surface area (Å²) in [6.45, 7) is 6.55. The van der Waals surface area contributed by atoms with Crippen molar-refractivity contribution in [3.63, 3.8) is 0 Å². The van der Waals surface area contributed by atoms with E-state index in [1.807, 2.05) is 30.3 Å². The highest BCUT2D eigenvalue weighted by atomic mass is 16.5. The smallest absolute Gasteiger partial charge is 0.119 e. The van der Waals surface area contributed by atoms with Gasteiger partial charge in [-0.2, -0.15) is 0 Å². The molecule has 0 radical (unpaired) electrons. The highest BCUT2D eigenvalue weighted by molar-refractivity contribution is 5.56. The van der Waals surface area contributed by atoms with Crippen LogP contribution in [0, 0.1) is 0 Å². The molecule has 0 heterocycles. The summed E-state index contributed by atoms with van der Waals surface area (Å²) in [5.41, 5.74) is 6.35. The van der Waals surface area contributed by atoms with E-state index in [1.54, 1.807) is 0 Å². The first-order chi connectivity index (χ1) is 8.34. The minimum absolute atomic E-state index is 0.585. The zero-order chi connectivity index (χ0) is 12.3. The summed E-state index contributed by atoms with van der Waals surface area (Å²) in [4.78, 5) is 0. The average Bonchev–Trinajstić information content (AvgIpc) is 2.38. The van der Waals surface area contributed by atoms with Crippen molar-refractivity contribution in [2.24, 2.45) is 5.73 Å². The second-order valence-corrected chi connectivity index (χ2v) is 3.75. The second-order valence-electron chi connectivity index (χ2n) is 3.75. The molecule has 0 fully saturated rings. The molecule has 1 aromatic rings. The molecule has 0 aliphatic carbocycles. The van der Waals surface area contributed by atoms with Gasteiger partial charge < -0.3 is 15.2 Å². The number of unbranched alkanes of at least 4 members (excludes halogenated alkanes) is 1. The van der Waals surface area contributed by atoms with Gasteiger partial charge in [-0.15, -0.1) is 0 Å². The fourth-order valence-corrected chi connectivity index (χ4v) is 1.39. The van der Waals surface area contributed by atoms with E-state index in [9.17, 15) is 0 Å². The third-order valence-corrected chi connectivity index (χ3v) is 2.32. The van der Waals surface area contributed by atoms with Crippen molar-refractivity contribution in [3.05, 3.63) is 42.5 Å². The summed E-state index contributed by atoms with van der Waals surface area (Å²) in [6.07, 6.45) is 1.96. The Kier molecular flexibility index (Phi) is 7.11. The molecule has 0 saturated carbocycles. The van der Waals surface area contributed by atoms with Crippen LogP contribution in [0.1, 0.15) is 18.4 Å². The fourth-order valence-electron chi connectivity index (χ4n) is 1.39. The molecule has 0 unspecified atom stereocenters. The van der Waals surface area contributed by atoms with Gasteiger partial charge in [0, 0.05) is 18.7 Å². The molecule has 0 aromatic heterocycles. The van der Waals surface area contributed by atoms with Crippen molar-refractivity contribution in [1.29, 1.82) is 0 Å². The van der Waals surface area contributed by atoms with Crippen LogP contribution < -0.4 is 5.73 Å². The minimum atomic E-state index is 0.585. The minimum Gasteiger partial charge on any atom is -0.494 e. The standard InChI is InChI=1S/C14H21NO2/c1-13(14-7-3-2-4-8-14)17-11-6-5-10-16-12-9-15/h2-4,7-8H,1,5-6,9-12,15H2. The van der Waals surface area contributed by atoms with E-state index in [0.717, 1.165) is 30.8 Å². The highest BCUT2D eigenvalue weighted by Gasteiger charge is 1.98. The SMILES string of the molecule is C=C(OCCCCOCCN)c1ccccc1. The molecule has 17 heavy (non-hydrogen) atoms. The molecule has 0 bridgehead atoms. The van der Waals surface area contributed by atoms with Crippen molar-refractivity contribution in [2.75, 3.05) is 26.4 Å². The zero-order valence-corrected chi connectivity index (χ0v) is 10.2. The van der Waals surface area contributed by atoms with E-state index in [2.05, 4.69) is 6.58 Å². The second kappa shape index (κ2) is 8.79. The van der Waals surface area contributed by atoms with Gasteiger partial charge in [-0.3, -0.25) is 0 Å². The third kappa shape index (κ3) is 6.09. The molecule has 94 valence electrons. The summed E-state index contributed by atoms with van der Waals surface area (Å²) in [7, 11) is 0. The van der Waals surface area contributed by atoms with Crippen LogP contribution in [-0.2, 0) is 9.47 Å². The van der Waals surface area contributed by atoms with Crippen molar-refractivity contribution in [2.45, 2.75) is 12.8 Å². The van der Waals surface area contributed by atoms with Gasteiger partial charge in [0.2, 0.25) is 0 Å². The van der Waals surface area contributed by atoms with Crippen LogP contribution in [0.4, 0.5) is 0 Å². The summed E-state index contributed by atoms with van der Waals surface area (Å²) in [5.74, 6) is 0.730. The molecule has 0 atom stereocenters. The highest BCUT2D eigenvalue weighted by Crippen LogP contribution is 2.13. The molecule has 0 amide bonds. The quantitative estimate of drug-likeness (QED) is 0.528. The maximum atomic E-state index is 5.56. The largest absolute Gasteiger partial charge is 0.494 e. The van der Waals surface area contributed by atoms with Crippen molar-refractivity contribution < 1.29 is 9.47 Å². The number of hydrogen-bond acceptors (Lipinski definition) is 3. The van der Waals surface area contributed by atoms with E-state index in [4.69, 9.17) is 15.2 Å². The first-order valence-electron chi connectivity index (χ1n) is 5.99. The van der Waals surface area contributed by atoms with E-state index < -0.39 is 0 Å². The van der Waals surface area contributed by atoms with Crippen molar-refractivity contribution >= 4 is 5.76 Å². The lowest BCUT2D eigenvalue weighted by molar-refractivity contribution is 0.131. The lowest BCUT2D eigenvalue weighted by Gasteiger charge is -2.09. The molecule has 0 aliphatic rings. The fraction of sp³-hybridized carbons (Fsp3) is 0.429. The summed E-state index contributed by atoms with van der Waals surface area (Å²) < 4.78 is 10.8. The molecular weight excluding hydrogens is 214 g/mol. The number of rotatable bonds is 9. The summed E-state index contributed by atoms with van der Waals surface area (Å²) in [5, 5.41) is 0. The number of hydrogen-bond donors (Lipinski definition) is 1. The van der Waals surface area contributed by atoms with Gasteiger partial charge in [-0.25, -0.2) is 0 Å². The van der Waals surface area contributed by atoms with Crippen LogP contribution >= 0.6 is 0 Å². The van der Waals surface area contributed by atoms with Crippen LogP contribution in [0.15, 0.2) is 36.9 Å². The Morgan fingerprint density at radius 3 is 2.47 bits per heavy atom. The first-order valence-corrected chi connectivity index (χ1v) is 5.99. The van der Waals surface area contributed by atoms with Gasteiger partial charge in [-0.05, 0) is 12.8 Å². The van der Waals surface area contributed by atoms with Crippen LogP contribution in [0.2, 0.25) is 0 Å². The topological polar surface area (TPSA) is 44.5 Å². The van der Waals surface area contributed by atoms with Gasteiger partial charge in [0.25, 0.3) is 0 Å². The predicted molar refractivity (Wildman–Crippen MR) is 70.5 cm³/mol. The van der Waals surface area contributed by atoms with Crippen molar-refractivity contribution in [3.8, 4) is 0 Å². The van der Waals surface area contributed by atoms with Crippen LogP contribution in [0.3, 0.4) is 0 Å². The maximum Gasteiger partial charge on any atom is 0.119 e. The Labute approximate surface area is 103 Å². The van der Waals surface area contributed by atoms with E-state index >= 15 is 0 Å². The molecular formula is C14H21NO2. The summed E-state index contributed by atoms with van der Waals surface area (Å²) >= 11 is 0. The van der Waals surface area contributed by atoms with E-state index in [1.165, 1.54) is 0 Å². The molecule has 0 aliphatic heterocycles. The third-order valence-electron chi connectivity index (χ3n) is 2.32. The zero-order valence-electron chi connectivity index (χ0n) is 10.2. The Morgan fingerprint density at radius 1 is 1.06 bits per heavy atom. The monoisotopic (exact) mass is 235 g/mol. The van der Waals surface area contributed by atoms with Gasteiger partial charge in [0.15, 0.2) is 0 Å². The Balaban J connectivity index is 2.05. The average molecular weight is 235 g/mol. The lowest BCUT2D eigenvalue weighted by atomic mass is 10.2. The van der Waals surface area contributed by atoms with Crippen molar-refractivity contribution in [1.82, 2.24) is 0 Å². The van der Waals surface area contributed by atoms with E-state index in [0.29, 0.717) is 19.8 Å². The van der Waals surface area contributed by atoms with Gasteiger partial charge >= 0.3 is 0 Å². The number of nitrogens with two attached hydrogens (primary N) is 1. The van der Waals surface area contributed by atoms with Gasteiger partial charge in [-0.1, -0.05) is 36.9 Å². The summed E-state index contributed by atoms with van der Waals surface area (Å²) in [6, 6.07) is 9.92. The molecule has 1 aromatic carbocycles. The molecule has 0 saturated heterocycles. The number of ether oxygens (including phenoxy) is 2. The van der Waals surface area contributed by atoms with Gasteiger partial charge in [0.05, 0.1) is 13.2 Å². The predicted octanol–water partition coefficient (Wildman–Crippen LogP) is 2.43. The van der Waals surface area contributed by atoms with Crippen LogP contribution in [0.5, 0.6) is 0 Å². The maximum absolute atomic E-state index is 5.56. The Hall–Kier alpha value is -1.32. The molecule has 0 spiro atoms. The van der Waals surface area contributed by atoms with Gasteiger partial charge in [0.1, 0.15) is 5.76 Å². The van der Waals surface area contributed by atoms with Crippen LogP contribution in [0.25, 0.3) is 5.76 Å². The van der Waals surface area contributed by atoms with E-state index in [-0.39, 0.29) is 0 Å². The lowest BCUT2D eigenvalue weighted by Crippen LogP contribution is -2.09. The molecule has 2 N–H and O–H groups in total. The molecule has 3 heteroatoms. The normalized spacial score (nSPS) is 10.2. The molecule has 3 nitrogen and oxygen atoms in total. The Bertz CT molecular complexity index is 311.